The molecule has 0 saturated carbocycles. The molecule has 4 aromatic carbocycles. The molecule has 1 aliphatic carbocycles. The third-order valence-electron chi connectivity index (χ3n) is 11.0. The second-order valence-electron chi connectivity index (χ2n) is 15.3. The van der Waals surface area contributed by atoms with E-state index in [4.69, 9.17) is 4.74 Å². The van der Waals surface area contributed by atoms with Crippen molar-refractivity contribution in [2.24, 2.45) is 21.1 Å². The van der Waals surface area contributed by atoms with Gasteiger partial charge >= 0.3 is 0 Å². The molecule has 1 aliphatic rings. The average Bonchev–Trinajstić information content (AvgIpc) is 3.62. The highest BCUT2D eigenvalue weighted by molar-refractivity contribution is 7.19. The number of nitro groups is 1. The van der Waals surface area contributed by atoms with Crippen LogP contribution in [-0.2, 0) is 21.1 Å². The second kappa shape index (κ2) is 19.1. The zero-order chi connectivity index (χ0) is 44.8. The lowest BCUT2D eigenvalue weighted by Crippen LogP contribution is -2.30. The van der Waals surface area contributed by atoms with Gasteiger partial charge < -0.3 is 4.74 Å². The first-order chi connectivity index (χ1) is 30.3. The Kier molecular flexibility index (Phi) is 13.2. The van der Waals surface area contributed by atoms with Gasteiger partial charge in [0, 0.05) is 55.4 Å². The predicted octanol–water partition coefficient (Wildman–Crippen LogP) is 10.6. The quantitative estimate of drug-likeness (QED) is 0.0903. The summed E-state index contributed by atoms with van der Waals surface area (Å²) in [6.45, 7) is 8.70. The number of nitrogens with zero attached hydrogens (tertiary/aromatic N) is 4. The summed E-state index contributed by atoms with van der Waals surface area (Å²) < 4.78 is 12.8. The third-order valence-corrected chi connectivity index (χ3v) is 12.1. The van der Waals surface area contributed by atoms with E-state index in [9.17, 15) is 19.7 Å². The van der Waals surface area contributed by atoms with Crippen molar-refractivity contribution >= 4 is 38.7 Å². The normalized spacial score (nSPS) is 11.6. The highest BCUT2D eigenvalue weighted by atomic mass is 32.1. The molecule has 63 heavy (non-hydrogen) atoms. The van der Waals surface area contributed by atoms with Gasteiger partial charge in [-0.15, -0.1) is 11.3 Å². The molecule has 0 radical (unpaired) electrons. The van der Waals surface area contributed by atoms with Crippen LogP contribution in [0.1, 0.15) is 43.6 Å². The van der Waals surface area contributed by atoms with Crippen LogP contribution in [0.25, 0.3) is 55.0 Å². The van der Waals surface area contributed by atoms with E-state index in [1.165, 1.54) is 55.7 Å². The van der Waals surface area contributed by atoms with Gasteiger partial charge in [-0.3, -0.25) is 19.7 Å². The Balaban J connectivity index is 0.000000142. The molecule has 4 aromatic heterocycles. The van der Waals surface area contributed by atoms with Gasteiger partial charge in [-0.25, -0.2) is 13.7 Å². The molecule has 0 saturated heterocycles. The van der Waals surface area contributed by atoms with Crippen molar-refractivity contribution in [3.05, 3.63) is 195 Å². The van der Waals surface area contributed by atoms with Crippen LogP contribution in [-0.4, -0.2) is 23.1 Å². The molecule has 0 atom stereocenters. The van der Waals surface area contributed by atoms with E-state index in [0.717, 1.165) is 39.2 Å². The summed E-state index contributed by atoms with van der Waals surface area (Å²) in [7, 11) is 5.93. The van der Waals surface area contributed by atoms with Crippen molar-refractivity contribution < 1.29 is 33.0 Å². The van der Waals surface area contributed by atoms with E-state index in [0.29, 0.717) is 17.7 Å². The van der Waals surface area contributed by atoms with E-state index in [1.807, 2.05) is 67.5 Å². The lowest BCUT2D eigenvalue weighted by atomic mass is 9.89. The van der Waals surface area contributed by atoms with Gasteiger partial charge in [0.15, 0.2) is 30.2 Å². The van der Waals surface area contributed by atoms with Crippen LogP contribution in [0, 0.1) is 30.9 Å². The van der Waals surface area contributed by atoms with E-state index in [1.54, 1.807) is 35.7 Å². The van der Waals surface area contributed by atoms with E-state index in [-0.39, 0.29) is 22.2 Å². The molecular weight excluding hydrogens is 805 g/mol. The van der Waals surface area contributed by atoms with E-state index >= 15 is 0 Å². The number of carbonyl (C=O) groups excluding carboxylic acids is 2. The second-order valence-corrected chi connectivity index (χ2v) is 16.6. The summed E-state index contributed by atoms with van der Waals surface area (Å²) in [4.78, 5) is 35.9. The fourth-order valence-electron chi connectivity index (χ4n) is 7.77. The standard InChI is InChI=1S/C19H18NO3.C19H18N.C15H13N2O2S/c1-4-23-13-7-8-20(3)17(10-13)14-11-16-15(9-12(14)2)18(21)5-6-19(16)22;1-15-14-17(16-8-4-3-5-9-16)11-12-18(15)19-10-6-7-13-20(19)2;1-10-15(12-5-3-4-6-14(12)20-10)13-9-11(17(18)19)7-8-16(13)2/h5-11H,4H2,1-3H3;3-14H,1-2H3;3-9H,1-2H3/q3*+1. The van der Waals surface area contributed by atoms with Gasteiger partial charge in [-0.1, -0.05) is 60.7 Å². The highest BCUT2D eigenvalue weighted by Gasteiger charge is 2.25. The average molecular weight is 854 g/mol. The Labute approximate surface area is 371 Å². The number of hydrogen-bond donors (Lipinski definition) is 0. The van der Waals surface area contributed by atoms with Gasteiger partial charge in [0.1, 0.15) is 26.9 Å². The minimum absolute atomic E-state index is 0.118. The van der Waals surface area contributed by atoms with Crippen LogP contribution in [0.4, 0.5) is 5.69 Å². The van der Waals surface area contributed by atoms with Crippen LogP contribution in [0.2, 0.25) is 0 Å². The molecule has 0 bridgehead atoms. The van der Waals surface area contributed by atoms with Gasteiger partial charge in [0.05, 0.1) is 35.3 Å². The smallest absolute Gasteiger partial charge is 0.282 e. The first kappa shape index (κ1) is 43.7. The molecule has 0 amide bonds. The van der Waals surface area contributed by atoms with Crippen molar-refractivity contribution in [3.8, 4) is 50.6 Å². The molecule has 0 unspecified atom stereocenters. The molecule has 9 nitrogen and oxygen atoms in total. The molecule has 10 heteroatoms. The lowest BCUT2D eigenvalue weighted by molar-refractivity contribution is -0.660. The Bertz CT molecular complexity index is 3060. The molecule has 4 heterocycles. The van der Waals surface area contributed by atoms with Crippen LogP contribution in [0.5, 0.6) is 5.75 Å². The Morgan fingerprint density at radius 1 is 0.587 bits per heavy atom. The number of aryl methyl sites for hydroxylation is 6. The van der Waals surface area contributed by atoms with Crippen molar-refractivity contribution in [1.82, 2.24) is 0 Å². The zero-order valence-corrected chi connectivity index (χ0v) is 37.3. The van der Waals surface area contributed by atoms with Crippen LogP contribution in [0.3, 0.4) is 0 Å². The molecule has 314 valence electrons. The fraction of sp³-hybridized carbons (Fsp3) is 0.151. The Morgan fingerprint density at radius 3 is 1.92 bits per heavy atom. The maximum atomic E-state index is 12.1. The number of hydrogen-bond acceptors (Lipinski definition) is 6. The molecule has 0 spiro atoms. The molecule has 0 N–H and O–H groups in total. The van der Waals surface area contributed by atoms with Gasteiger partial charge in [0.25, 0.3) is 5.69 Å². The first-order valence-electron chi connectivity index (χ1n) is 20.6. The predicted molar refractivity (Wildman–Crippen MR) is 250 cm³/mol. The maximum absolute atomic E-state index is 12.1. The van der Waals surface area contributed by atoms with Crippen molar-refractivity contribution in [2.45, 2.75) is 27.7 Å². The number of ether oxygens (including phenoxy) is 1. The molecule has 0 aliphatic heterocycles. The lowest BCUT2D eigenvalue weighted by Gasteiger charge is -2.13. The summed E-state index contributed by atoms with van der Waals surface area (Å²) in [5.74, 6) is 0.520. The highest BCUT2D eigenvalue weighted by Crippen LogP contribution is 2.37. The van der Waals surface area contributed by atoms with Crippen molar-refractivity contribution in [2.75, 3.05) is 6.61 Å². The monoisotopic (exact) mass is 853 g/mol. The van der Waals surface area contributed by atoms with Crippen molar-refractivity contribution in [3.63, 3.8) is 0 Å². The number of benzene rings is 4. The minimum Gasteiger partial charge on any atom is -0.493 e. The summed E-state index contributed by atoms with van der Waals surface area (Å²) in [6.07, 6.45) is 8.41. The Morgan fingerprint density at radius 2 is 1.22 bits per heavy atom. The number of aromatic nitrogens is 3. The topological polar surface area (TPSA) is 98.2 Å². The minimum atomic E-state index is -0.354. The van der Waals surface area contributed by atoms with Crippen LogP contribution < -0.4 is 18.4 Å². The maximum Gasteiger partial charge on any atom is 0.282 e. The SMILES string of the molecule is CCOc1cc[n+](C)c(-c2cc3c(cc2C)C(=O)C=CC3=O)c1.Cc1cc(-c2ccccc2)ccc1-c1cccc[n+]1C.Cc1sc2ccccc2c1-c1cc([N+](=O)[O-])cc[n+]1C. The van der Waals surface area contributed by atoms with E-state index in [2.05, 4.69) is 111 Å². The summed E-state index contributed by atoms with van der Waals surface area (Å²) in [5.41, 5.74) is 12.2. The fourth-order valence-corrected chi connectivity index (χ4v) is 8.84. The number of rotatable bonds is 7. The molecular formula is C53H49N4O5S+3. The van der Waals surface area contributed by atoms with Gasteiger partial charge in [-0.2, -0.15) is 0 Å². The number of ketones is 2. The van der Waals surface area contributed by atoms with Gasteiger partial charge in [-0.05, 0) is 92.4 Å². The number of fused-ring (bicyclic) bond motifs is 2. The first-order valence-corrected chi connectivity index (χ1v) is 21.4. The number of allylic oxidation sites excluding steroid dienone is 2. The Hall–Kier alpha value is -7.43. The summed E-state index contributed by atoms with van der Waals surface area (Å²) >= 11 is 1.71. The molecule has 8 aromatic rings. The zero-order valence-electron chi connectivity index (χ0n) is 36.5. The number of pyridine rings is 3. The van der Waals surface area contributed by atoms with Crippen LogP contribution in [0.15, 0.2) is 158 Å². The van der Waals surface area contributed by atoms with Crippen molar-refractivity contribution in [1.29, 1.82) is 0 Å². The van der Waals surface area contributed by atoms with Gasteiger partial charge in [0.2, 0.25) is 17.1 Å². The van der Waals surface area contributed by atoms with Crippen LogP contribution >= 0.6 is 11.3 Å². The van der Waals surface area contributed by atoms with E-state index < -0.39 is 0 Å². The summed E-state index contributed by atoms with van der Waals surface area (Å²) in [6, 6.07) is 42.2. The third kappa shape index (κ3) is 9.56. The molecule has 9 rings (SSSR count). The largest absolute Gasteiger partial charge is 0.493 e. The molecule has 0 fully saturated rings. The number of thiophene rings is 1. The number of carbonyl (C=O) groups is 2. The summed E-state index contributed by atoms with van der Waals surface area (Å²) in [5, 5.41) is 12.1.